The molecule has 36 heavy (non-hydrogen) atoms. The van der Waals surface area contributed by atoms with Gasteiger partial charge in [-0.15, -0.1) is 0 Å². The Morgan fingerprint density at radius 2 is 1.19 bits per heavy atom. The molecule has 2 aromatic rings. The molecule has 5 heteroatoms. The maximum atomic E-state index is 10.5. The number of hydrogen-bond donors (Lipinski definition) is 1. The van der Waals surface area contributed by atoms with E-state index in [1.807, 2.05) is 24.3 Å². The quantitative estimate of drug-likeness (QED) is 0.125. The minimum absolute atomic E-state index is 0. The Morgan fingerprint density at radius 3 is 1.72 bits per heavy atom. The lowest BCUT2D eigenvalue weighted by atomic mass is 10.1. The maximum absolute atomic E-state index is 10.5. The van der Waals surface area contributed by atoms with E-state index < -0.39 is 0 Å². The summed E-state index contributed by atoms with van der Waals surface area (Å²) in [5, 5.41) is 9.92. The van der Waals surface area contributed by atoms with Crippen LogP contribution in [0.3, 0.4) is 0 Å². The molecule has 0 radical (unpaired) electrons. The van der Waals surface area contributed by atoms with Crippen LogP contribution in [-0.2, 0) is 11.2 Å². The molecule has 0 saturated carbocycles. The van der Waals surface area contributed by atoms with Crippen LogP contribution in [0.25, 0.3) is 0 Å². The first-order chi connectivity index (χ1) is 17.1. The normalized spacial score (nSPS) is 9.64. The third-order valence-electron chi connectivity index (χ3n) is 5.28. The highest BCUT2D eigenvalue weighted by Gasteiger charge is 1.95. The molecule has 2 aromatic carbocycles. The van der Waals surface area contributed by atoms with Crippen LogP contribution >= 0.6 is 15.9 Å². The van der Waals surface area contributed by atoms with Crippen molar-refractivity contribution in [1.82, 2.24) is 0 Å². The Hall–Kier alpha value is -1.98. The van der Waals surface area contributed by atoms with Gasteiger partial charge < -0.3 is 9.84 Å². The lowest BCUT2D eigenvalue weighted by molar-refractivity contribution is 0.111. The van der Waals surface area contributed by atoms with Crippen molar-refractivity contribution in [2.75, 3.05) is 18.5 Å². The minimum Gasteiger partial charge on any atom is -0.508 e. The molecule has 0 heterocycles. The van der Waals surface area contributed by atoms with Gasteiger partial charge in [0.1, 0.15) is 18.3 Å². The number of halogens is 1. The van der Waals surface area contributed by atoms with Crippen molar-refractivity contribution in [1.29, 1.82) is 0 Å². The van der Waals surface area contributed by atoms with Gasteiger partial charge in [0.25, 0.3) is 0 Å². The molecule has 0 atom stereocenters. The predicted octanol–water partition coefficient (Wildman–Crippen LogP) is 9.22. The minimum atomic E-state index is 0. The molecule has 0 aliphatic heterocycles. The Morgan fingerprint density at radius 1 is 0.694 bits per heavy atom. The van der Waals surface area contributed by atoms with Gasteiger partial charge in [-0.25, -0.2) is 0 Å². The van der Waals surface area contributed by atoms with E-state index in [9.17, 15) is 9.59 Å². The molecule has 0 aromatic heterocycles. The second-order valence-electron chi connectivity index (χ2n) is 8.45. The van der Waals surface area contributed by atoms with Gasteiger partial charge in [-0.05, 0) is 61.9 Å². The van der Waals surface area contributed by atoms with Gasteiger partial charge in [-0.1, -0.05) is 100.0 Å². The van der Waals surface area contributed by atoms with Crippen molar-refractivity contribution in [3.8, 4) is 5.75 Å². The predicted molar refractivity (Wildman–Crippen MR) is 158 cm³/mol. The molecular weight excluding hydrogens is 516 g/mol. The zero-order chi connectivity index (χ0) is 26.0. The number of hydrogen-bond acceptors (Lipinski definition) is 4. The first-order valence-electron chi connectivity index (χ1n) is 13.0. The number of rotatable bonds is 16. The Labute approximate surface area is 229 Å². The third-order valence-corrected chi connectivity index (χ3v) is 5.84. The number of aromatic hydroxyl groups is 1. The summed E-state index contributed by atoms with van der Waals surface area (Å²) in [6.45, 7) is 6.19. The Bertz CT molecular complexity index is 723. The van der Waals surface area contributed by atoms with E-state index in [0.717, 1.165) is 57.0 Å². The first-order valence-corrected chi connectivity index (χ1v) is 14.1. The summed E-state index contributed by atoms with van der Waals surface area (Å²) in [6, 6.07) is 13.9. The number of carbonyl (C=O) groups is 2. The number of benzene rings is 2. The monoisotopic (exact) mass is 564 g/mol. The standard InChI is InChI=1S/C15H22O2.C8H17Br.C7H6O2.CH4/c1-2-3-11-17-12-5-4-6-14-7-9-15(13-16)10-8-14;1-2-3-4-5-6-7-8-9;8-5-6-1-3-7(9)4-2-6;/h7-10,13H,2-6,11-12H2,1H3;2-8H2,1H3;1-5,9H;1H4. The Kier molecular flexibility index (Phi) is 27.7. The van der Waals surface area contributed by atoms with Crippen LogP contribution in [0.4, 0.5) is 0 Å². The van der Waals surface area contributed by atoms with Crippen molar-refractivity contribution in [3.05, 3.63) is 65.2 Å². The molecule has 0 spiro atoms. The molecule has 204 valence electrons. The van der Waals surface area contributed by atoms with Crippen molar-refractivity contribution < 1.29 is 19.4 Å². The van der Waals surface area contributed by atoms with Crippen LogP contribution in [0, 0.1) is 0 Å². The second-order valence-corrected chi connectivity index (χ2v) is 9.24. The summed E-state index contributed by atoms with van der Waals surface area (Å²) in [4.78, 5) is 20.5. The average Bonchev–Trinajstić information content (AvgIpc) is 2.90. The van der Waals surface area contributed by atoms with E-state index in [1.165, 1.54) is 68.0 Å². The molecule has 1 N–H and O–H groups in total. The number of aryl methyl sites for hydroxylation is 1. The fraction of sp³-hybridized carbons (Fsp3) is 0.548. The molecule has 4 nitrogen and oxygen atoms in total. The van der Waals surface area contributed by atoms with E-state index >= 15 is 0 Å². The van der Waals surface area contributed by atoms with Gasteiger partial charge in [0, 0.05) is 29.7 Å². The van der Waals surface area contributed by atoms with Crippen LogP contribution in [0.2, 0.25) is 0 Å². The SMILES string of the molecule is C.CCCCCCCCBr.CCCCOCCCCc1ccc(C=O)cc1.O=Cc1ccc(O)cc1. The highest BCUT2D eigenvalue weighted by Crippen LogP contribution is 2.08. The summed E-state index contributed by atoms with van der Waals surface area (Å²) in [5.41, 5.74) is 2.62. The molecular formula is C31H49BrO4. The van der Waals surface area contributed by atoms with Crippen molar-refractivity contribution in [2.24, 2.45) is 0 Å². The van der Waals surface area contributed by atoms with Gasteiger partial charge in [-0.3, -0.25) is 9.59 Å². The van der Waals surface area contributed by atoms with E-state index in [1.54, 1.807) is 12.1 Å². The van der Waals surface area contributed by atoms with Crippen molar-refractivity contribution in [3.63, 3.8) is 0 Å². The lowest BCUT2D eigenvalue weighted by Gasteiger charge is -2.04. The van der Waals surface area contributed by atoms with Crippen LogP contribution in [0.5, 0.6) is 5.75 Å². The highest BCUT2D eigenvalue weighted by molar-refractivity contribution is 9.09. The average molecular weight is 566 g/mol. The van der Waals surface area contributed by atoms with Gasteiger partial charge in [0.15, 0.2) is 0 Å². The summed E-state index contributed by atoms with van der Waals surface area (Å²) >= 11 is 3.42. The summed E-state index contributed by atoms with van der Waals surface area (Å²) in [7, 11) is 0. The topological polar surface area (TPSA) is 63.6 Å². The molecule has 0 aliphatic carbocycles. The summed E-state index contributed by atoms with van der Waals surface area (Å²) in [6.07, 6.45) is 15.7. The number of unbranched alkanes of at least 4 members (excludes halogenated alkanes) is 7. The maximum Gasteiger partial charge on any atom is 0.150 e. The van der Waals surface area contributed by atoms with Gasteiger partial charge in [0.2, 0.25) is 0 Å². The van der Waals surface area contributed by atoms with E-state index in [0.29, 0.717) is 5.56 Å². The van der Waals surface area contributed by atoms with Crippen molar-refractivity contribution >= 4 is 28.5 Å². The lowest BCUT2D eigenvalue weighted by Crippen LogP contribution is -1.97. The molecule has 0 saturated heterocycles. The van der Waals surface area contributed by atoms with Crippen LogP contribution in [0.1, 0.15) is 112 Å². The fourth-order valence-corrected chi connectivity index (χ4v) is 3.47. The number of carbonyl (C=O) groups excluding carboxylic acids is 2. The third kappa shape index (κ3) is 22.5. The second kappa shape index (κ2) is 27.6. The number of ether oxygens (including phenoxy) is 1. The van der Waals surface area contributed by atoms with E-state index in [4.69, 9.17) is 9.84 Å². The van der Waals surface area contributed by atoms with E-state index in [-0.39, 0.29) is 13.2 Å². The van der Waals surface area contributed by atoms with Crippen molar-refractivity contribution in [2.45, 2.75) is 91.9 Å². The number of alkyl halides is 1. The number of phenols is 1. The molecule has 0 amide bonds. The smallest absolute Gasteiger partial charge is 0.150 e. The van der Waals surface area contributed by atoms with Crippen LogP contribution < -0.4 is 0 Å². The van der Waals surface area contributed by atoms with Gasteiger partial charge in [0.05, 0.1) is 0 Å². The molecule has 2 rings (SSSR count). The zero-order valence-corrected chi connectivity index (χ0v) is 23.3. The largest absolute Gasteiger partial charge is 0.508 e. The molecule has 0 unspecified atom stereocenters. The van der Waals surface area contributed by atoms with Gasteiger partial charge >= 0.3 is 0 Å². The number of phenolic OH excluding ortho intramolecular Hbond substituents is 1. The number of aldehydes is 2. The van der Waals surface area contributed by atoms with Crippen LogP contribution in [-0.4, -0.2) is 36.2 Å². The van der Waals surface area contributed by atoms with Crippen LogP contribution in [0.15, 0.2) is 48.5 Å². The molecule has 0 bridgehead atoms. The molecule has 0 aliphatic rings. The summed E-state index contributed by atoms with van der Waals surface area (Å²) in [5.74, 6) is 0.181. The first kappa shape index (κ1) is 36.2. The fourth-order valence-electron chi connectivity index (χ4n) is 3.07. The molecule has 0 fully saturated rings. The Balaban J connectivity index is 0. The van der Waals surface area contributed by atoms with Gasteiger partial charge in [-0.2, -0.15) is 0 Å². The summed E-state index contributed by atoms with van der Waals surface area (Å²) < 4.78 is 5.50. The van der Waals surface area contributed by atoms with E-state index in [2.05, 4.69) is 29.8 Å². The zero-order valence-electron chi connectivity index (χ0n) is 21.7. The highest BCUT2D eigenvalue weighted by atomic mass is 79.9.